The van der Waals surface area contributed by atoms with Crippen molar-refractivity contribution in [2.75, 3.05) is 24.9 Å². The van der Waals surface area contributed by atoms with Gasteiger partial charge in [-0.25, -0.2) is 14.3 Å². The fourth-order valence-corrected chi connectivity index (χ4v) is 3.85. The van der Waals surface area contributed by atoms with Crippen molar-refractivity contribution in [1.29, 1.82) is 0 Å². The quantitative estimate of drug-likeness (QED) is 0.285. The Hall–Kier alpha value is -5.13. The first-order chi connectivity index (χ1) is 19.5. The molecule has 12 nitrogen and oxygen atoms in total. The lowest BCUT2D eigenvalue weighted by Crippen LogP contribution is -2.43. The molecule has 0 aliphatic heterocycles. The van der Waals surface area contributed by atoms with Crippen LogP contribution in [0.3, 0.4) is 0 Å². The third kappa shape index (κ3) is 7.10. The summed E-state index contributed by atoms with van der Waals surface area (Å²) >= 11 is 0. The summed E-state index contributed by atoms with van der Waals surface area (Å²) < 4.78 is 17.5. The van der Waals surface area contributed by atoms with Crippen LogP contribution in [-0.4, -0.2) is 58.4 Å². The van der Waals surface area contributed by atoms with Crippen molar-refractivity contribution < 1.29 is 28.6 Å². The molecule has 0 aliphatic rings. The zero-order chi connectivity index (χ0) is 29.7. The van der Waals surface area contributed by atoms with Gasteiger partial charge in [-0.2, -0.15) is 5.10 Å². The fourth-order valence-electron chi connectivity index (χ4n) is 3.85. The van der Waals surface area contributed by atoms with Gasteiger partial charge in [0.05, 0.1) is 19.9 Å². The second-order valence-electron chi connectivity index (χ2n) is 10.1. The van der Waals surface area contributed by atoms with Gasteiger partial charge in [-0.15, -0.1) is 0 Å². The van der Waals surface area contributed by atoms with E-state index in [4.69, 9.17) is 14.2 Å². The Morgan fingerprint density at radius 2 is 1.54 bits per heavy atom. The third-order valence-corrected chi connectivity index (χ3v) is 5.81. The van der Waals surface area contributed by atoms with Crippen molar-refractivity contribution in [2.45, 2.75) is 39.3 Å². The molecular weight excluding hydrogens is 528 g/mol. The van der Waals surface area contributed by atoms with Crippen LogP contribution in [0.1, 0.15) is 38.2 Å². The van der Waals surface area contributed by atoms with Crippen LogP contribution < -0.4 is 25.4 Å². The molecule has 3 N–H and O–H groups in total. The highest BCUT2D eigenvalue weighted by atomic mass is 16.6. The van der Waals surface area contributed by atoms with E-state index < -0.39 is 29.6 Å². The van der Waals surface area contributed by atoms with E-state index >= 15 is 0 Å². The van der Waals surface area contributed by atoms with Gasteiger partial charge in [-0.3, -0.25) is 9.59 Å². The summed E-state index contributed by atoms with van der Waals surface area (Å²) in [5.74, 6) is 0.309. The van der Waals surface area contributed by atoms with E-state index in [0.29, 0.717) is 34.2 Å². The summed E-state index contributed by atoms with van der Waals surface area (Å²) in [5, 5.41) is 12.5. The summed E-state index contributed by atoms with van der Waals surface area (Å²) in [7, 11) is 3.13. The topological polar surface area (TPSA) is 145 Å². The van der Waals surface area contributed by atoms with Crippen LogP contribution in [-0.2, 0) is 9.53 Å². The van der Waals surface area contributed by atoms with Gasteiger partial charge in [0.1, 0.15) is 11.6 Å². The van der Waals surface area contributed by atoms with Gasteiger partial charge in [-0.1, -0.05) is 0 Å². The Kier molecular flexibility index (Phi) is 8.41. The molecule has 1 atom stereocenters. The molecule has 4 aromatic rings. The number of anilines is 2. The van der Waals surface area contributed by atoms with Crippen molar-refractivity contribution in [3.8, 4) is 22.8 Å². The van der Waals surface area contributed by atoms with Crippen molar-refractivity contribution >= 4 is 34.9 Å². The van der Waals surface area contributed by atoms with Crippen molar-refractivity contribution in [3.05, 3.63) is 66.5 Å². The highest BCUT2D eigenvalue weighted by Gasteiger charge is 2.21. The molecule has 41 heavy (non-hydrogen) atoms. The normalized spacial score (nSPS) is 11.9. The molecule has 0 spiro atoms. The largest absolute Gasteiger partial charge is 0.493 e. The number of amides is 3. The van der Waals surface area contributed by atoms with Gasteiger partial charge in [0.25, 0.3) is 5.91 Å². The number of rotatable bonds is 8. The second-order valence-corrected chi connectivity index (χ2v) is 10.1. The van der Waals surface area contributed by atoms with E-state index in [1.807, 2.05) is 12.1 Å². The maximum absolute atomic E-state index is 13.0. The maximum Gasteiger partial charge on any atom is 0.408 e. The standard InChI is InChI=1S/C29H32N6O6/c1-17(31-28(38)41-29(2,3)4)26(36)32-19-8-10-20(11-9-19)33-27(37)21-16-25-30-14-13-22(35(25)34-21)18-7-12-23(39-5)24(15-18)40-6/h7-17H,1-6H3,(H,31,38)(H,32,36)(H,33,37)/t17-/m0/s1. The molecule has 0 saturated heterocycles. The number of hydrogen-bond donors (Lipinski definition) is 3. The first kappa shape index (κ1) is 28.9. The lowest BCUT2D eigenvalue weighted by molar-refractivity contribution is -0.117. The van der Waals surface area contributed by atoms with E-state index in [9.17, 15) is 14.4 Å². The molecular formula is C29H32N6O6. The highest BCUT2D eigenvalue weighted by Crippen LogP contribution is 2.32. The first-order valence-electron chi connectivity index (χ1n) is 12.8. The minimum Gasteiger partial charge on any atom is -0.493 e. The number of benzene rings is 2. The molecule has 2 aromatic heterocycles. The Morgan fingerprint density at radius 3 is 2.17 bits per heavy atom. The lowest BCUT2D eigenvalue weighted by Gasteiger charge is -2.21. The average molecular weight is 561 g/mol. The number of hydrogen-bond acceptors (Lipinski definition) is 8. The summed E-state index contributed by atoms with van der Waals surface area (Å²) in [5.41, 5.74) is 2.50. The average Bonchev–Trinajstić information content (AvgIpc) is 3.37. The van der Waals surface area contributed by atoms with E-state index in [2.05, 4.69) is 26.0 Å². The number of alkyl carbamates (subject to hydrolysis) is 1. The molecule has 2 heterocycles. The number of methoxy groups -OCH3 is 2. The molecule has 12 heteroatoms. The van der Waals surface area contributed by atoms with Crippen molar-refractivity contribution in [3.63, 3.8) is 0 Å². The van der Waals surface area contributed by atoms with Crippen molar-refractivity contribution in [2.24, 2.45) is 0 Å². The predicted molar refractivity (Wildman–Crippen MR) is 153 cm³/mol. The van der Waals surface area contributed by atoms with Crippen molar-refractivity contribution in [1.82, 2.24) is 19.9 Å². The molecule has 2 aromatic carbocycles. The number of carbonyl (C=O) groups excluding carboxylic acids is 3. The fraction of sp³-hybridized carbons (Fsp3) is 0.276. The van der Waals surface area contributed by atoms with Crippen LogP contribution in [0, 0.1) is 0 Å². The second kappa shape index (κ2) is 11.9. The van der Waals surface area contributed by atoms with E-state index in [0.717, 1.165) is 5.56 Å². The number of nitrogens with zero attached hydrogens (tertiary/aromatic N) is 3. The van der Waals surface area contributed by atoms with Gasteiger partial charge in [0.15, 0.2) is 22.8 Å². The smallest absolute Gasteiger partial charge is 0.408 e. The predicted octanol–water partition coefficient (Wildman–Crippen LogP) is 4.52. The number of nitrogens with one attached hydrogen (secondary N) is 3. The number of fused-ring (bicyclic) bond motifs is 1. The van der Waals surface area contributed by atoms with Crippen LogP contribution in [0.25, 0.3) is 16.9 Å². The molecule has 3 amide bonds. The number of aromatic nitrogens is 3. The maximum atomic E-state index is 13.0. The Bertz CT molecular complexity index is 1580. The van der Waals surface area contributed by atoms with Gasteiger partial charge in [0.2, 0.25) is 5.91 Å². The molecule has 4 rings (SSSR count). The molecule has 0 aliphatic carbocycles. The summed E-state index contributed by atoms with van der Waals surface area (Å²) in [6.07, 6.45) is 0.956. The van der Waals surface area contributed by atoms with E-state index in [1.165, 1.54) is 0 Å². The summed E-state index contributed by atoms with van der Waals surface area (Å²) in [6.45, 7) is 6.76. The Labute approximate surface area is 237 Å². The molecule has 0 fully saturated rings. The summed E-state index contributed by atoms with van der Waals surface area (Å²) in [6, 6.07) is 14.6. The van der Waals surface area contributed by atoms with Crippen LogP contribution in [0.5, 0.6) is 11.5 Å². The SMILES string of the molecule is COc1ccc(-c2ccnc3cc(C(=O)Nc4ccc(NC(=O)[C@H](C)NC(=O)OC(C)(C)C)cc4)nn23)cc1OC. The molecule has 214 valence electrons. The van der Waals surface area contributed by atoms with Crippen LogP contribution in [0.4, 0.5) is 16.2 Å². The van der Waals surface area contributed by atoms with Gasteiger partial charge in [-0.05, 0) is 76.2 Å². The molecule has 0 radical (unpaired) electrons. The Balaban J connectivity index is 1.42. The zero-order valence-corrected chi connectivity index (χ0v) is 23.6. The van der Waals surface area contributed by atoms with Crippen LogP contribution in [0.15, 0.2) is 60.8 Å². The van der Waals surface area contributed by atoms with Gasteiger partial charge >= 0.3 is 6.09 Å². The lowest BCUT2D eigenvalue weighted by atomic mass is 10.1. The monoisotopic (exact) mass is 560 g/mol. The molecule has 0 unspecified atom stereocenters. The van der Waals surface area contributed by atoms with Crippen LogP contribution >= 0.6 is 0 Å². The van der Waals surface area contributed by atoms with E-state index in [1.54, 1.807) is 95.1 Å². The van der Waals surface area contributed by atoms with Crippen LogP contribution in [0.2, 0.25) is 0 Å². The van der Waals surface area contributed by atoms with Gasteiger partial charge in [0, 0.05) is 29.2 Å². The summed E-state index contributed by atoms with van der Waals surface area (Å²) in [4.78, 5) is 41.7. The van der Waals surface area contributed by atoms with E-state index in [-0.39, 0.29) is 5.69 Å². The minimum absolute atomic E-state index is 0.171. The Morgan fingerprint density at radius 1 is 0.878 bits per heavy atom. The zero-order valence-electron chi connectivity index (χ0n) is 23.6. The first-order valence-corrected chi connectivity index (χ1v) is 12.8. The number of ether oxygens (including phenoxy) is 3. The third-order valence-electron chi connectivity index (χ3n) is 5.81. The molecule has 0 bridgehead atoms. The van der Waals surface area contributed by atoms with Gasteiger partial charge < -0.3 is 30.2 Å². The minimum atomic E-state index is -0.822. The number of carbonyl (C=O) groups is 3. The molecule has 0 saturated carbocycles. The highest BCUT2D eigenvalue weighted by molar-refractivity contribution is 6.04.